The number of nitrogens with one attached hydrogen (secondary N) is 1. The van der Waals surface area contributed by atoms with Crippen molar-refractivity contribution in [3.05, 3.63) is 54.3 Å². The Morgan fingerprint density at radius 2 is 1.69 bits per heavy atom. The van der Waals surface area contributed by atoms with Crippen molar-refractivity contribution < 1.29 is 4.39 Å². The Morgan fingerprint density at radius 1 is 1.00 bits per heavy atom. The van der Waals surface area contributed by atoms with E-state index in [4.69, 9.17) is 5.73 Å². The number of benzene rings is 2. The van der Waals surface area contributed by atoms with Gasteiger partial charge in [0.05, 0.1) is 0 Å². The number of hydrogen-bond acceptors (Lipinski definition) is 3. The topological polar surface area (TPSA) is 41.3 Å². The van der Waals surface area contributed by atoms with Crippen LogP contribution in [0.1, 0.15) is 19.3 Å². The van der Waals surface area contributed by atoms with Crippen LogP contribution in [0.25, 0.3) is 11.1 Å². The smallest absolute Gasteiger partial charge is 0.123 e. The molecule has 1 heterocycles. The quantitative estimate of drug-likeness (QED) is 0.713. The van der Waals surface area contributed by atoms with Crippen LogP contribution < -0.4 is 16.0 Å². The molecule has 1 aliphatic rings. The highest BCUT2D eigenvalue weighted by Crippen LogP contribution is 2.25. The van der Waals surface area contributed by atoms with Crippen LogP contribution in [0, 0.1) is 5.82 Å². The zero-order chi connectivity index (χ0) is 16.8. The van der Waals surface area contributed by atoms with Crippen molar-refractivity contribution in [2.75, 3.05) is 31.1 Å². The van der Waals surface area contributed by atoms with Crippen molar-refractivity contribution in [2.45, 2.75) is 25.3 Å². The maximum atomic E-state index is 13.3. The molecule has 144 valence electrons. The Labute approximate surface area is 168 Å². The average molecular weight is 400 g/mol. The van der Waals surface area contributed by atoms with E-state index in [2.05, 4.69) is 34.5 Å². The number of nitrogens with zero attached hydrogens (tertiary/aromatic N) is 1. The first kappa shape index (κ1) is 22.7. The molecular weight excluding hydrogens is 372 g/mol. The number of rotatable bonds is 6. The van der Waals surface area contributed by atoms with Crippen LogP contribution in [0.2, 0.25) is 0 Å². The maximum Gasteiger partial charge on any atom is 0.123 e. The Kier molecular flexibility index (Phi) is 9.96. The van der Waals surface area contributed by atoms with Gasteiger partial charge in [0.15, 0.2) is 0 Å². The summed E-state index contributed by atoms with van der Waals surface area (Å²) < 4.78 is 13.3. The van der Waals surface area contributed by atoms with E-state index < -0.39 is 0 Å². The highest BCUT2D eigenvalue weighted by atomic mass is 35.5. The molecule has 1 fully saturated rings. The van der Waals surface area contributed by atoms with Crippen LogP contribution in [0.15, 0.2) is 48.5 Å². The molecule has 0 aromatic heterocycles. The molecule has 6 heteroatoms. The summed E-state index contributed by atoms with van der Waals surface area (Å²) in [6.07, 6.45) is 3.37. The number of halogens is 3. The minimum atomic E-state index is -0.194. The number of nitrogens with two attached hydrogens (primary N) is 1. The Morgan fingerprint density at radius 3 is 2.31 bits per heavy atom. The standard InChI is InChI=1S/C20H26FN3.2ClH/c21-18-4-1-3-17(15-18)16-5-7-20(8-6-16)24-13-9-19(10-14-24)23-12-2-11-22;;/h1,3-8,15,19,23H,2,9-14,22H2;2*1H. The monoisotopic (exact) mass is 399 g/mol. The lowest BCUT2D eigenvalue weighted by atomic mass is 10.0. The number of anilines is 1. The molecule has 0 radical (unpaired) electrons. The van der Waals surface area contributed by atoms with Crippen LogP contribution in [-0.2, 0) is 0 Å². The highest BCUT2D eigenvalue weighted by Gasteiger charge is 2.18. The lowest BCUT2D eigenvalue weighted by Crippen LogP contribution is -2.43. The van der Waals surface area contributed by atoms with E-state index in [1.165, 1.54) is 11.8 Å². The summed E-state index contributed by atoms with van der Waals surface area (Å²) in [6.45, 7) is 3.91. The van der Waals surface area contributed by atoms with Gasteiger partial charge in [-0.1, -0.05) is 24.3 Å². The molecule has 0 atom stereocenters. The fourth-order valence-corrected chi connectivity index (χ4v) is 3.28. The zero-order valence-electron chi connectivity index (χ0n) is 14.9. The Hall–Kier alpha value is -1.33. The summed E-state index contributed by atoms with van der Waals surface area (Å²) in [7, 11) is 0. The third-order valence-corrected chi connectivity index (χ3v) is 4.70. The van der Waals surface area contributed by atoms with Gasteiger partial charge in [0.1, 0.15) is 5.82 Å². The van der Waals surface area contributed by atoms with Gasteiger partial charge in [0.25, 0.3) is 0 Å². The molecule has 26 heavy (non-hydrogen) atoms. The molecule has 1 aliphatic heterocycles. The van der Waals surface area contributed by atoms with Gasteiger partial charge in [0.2, 0.25) is 0 Å². The van der Waals surface area contributed by atoms with E-state index in [0.717, 1.165) is 56.6 Å². The first-order valence-corrected chi connectivity index (χ1v) is 8.80. The molecule has 3 nitrogen and oxygen atoms in total. The van der Waals surface area contributed by atoms with E-state index in [1.54, 1.807) is 12.1 Å². The van der Waals surface area contributed by atoms with E-state index in [-0.39, 0.29) is 30.6 Å². The second-order valence-corrected chi connectivity index (χ2v) is 6.41. The van der Waals surface area contributed by atoms with E-state index in [1.807, 2.05) is 6.07 Å². The number of hydrogen-bond donors (Lipinski definition) is 2. The predicted molar refractivity (Wildman–Crippen MR) is 113 cm³/mol. The van der Waals surface area contributed by atoms with Gasteiger partial charge in [-0.3, -0.25) is 0 Å². The summed E-state index contributed by atoms with van der Waals surface area (Å²) in [4.78, 5) is 2.43. The lowest BCUT2D eigenvalue weighted by molar-refractivity contribution is 0.414. The van der Waals surface area contributed by atoms with Crippen molar-refractivity contribution in [3.8, 4) is 11.1 Å². The Balaban J connectivity index is 0.00000169. The summed E-state index contributed by atoms with van der Waals surface area (Å²) in [5, 5.41) is 3.59. The summed E-state index contributed by atoms with van der Waals surface area (Å²) >= 11 is 0. The second-order valence-electron chi connectivity index (χ2n) is 6.41. The van der Waals surface area contributed by atoms with Gasteiger partial charge in [-0.2, -0.15) is 0 Å². The number of piperidine rings is 1. The van der Waals surface area contributed by atoms with E-state index >= 15 is 0 Å². The van der Waals surface area contributed by atoms with E-state index in [0.29, 0.717) is 6.04 Å². The van der Waals surface area contributed by atoms with Crippen molar-refractivity contribution in [2.24, 2.45) is 5.73 Å². The molecular formula is C20H28Cl2FN3. The predicted octanol–water partition coefficient (Wildman–Crippen LogP) is 4.24. The summed E-state index contributed by atoms with van der Waals surface area (Å²) in [6, 6.07) is 15.8. The molecule has 0 aliphatic carbocycles. The molecule has 2 aromatic carbocycles. The van der Waals surface area contributed by atoms with Crippen LogP contribution in [0.3, 0.4) is 0 Å². The van der Waals surface area contributed by atoms with Crippen LogP contribution in [0.4, 0.5) is 10.1 Å². The molecule has 1 saturated heterocycles. The van der Waals surface area contributed by atoms with Gasteiger partial charge in [-0.25, -0.2) is 4.39 Å². The molecule has 0 saturated carbocycles. The molecule has 0 amide bonds. The van der Waals surface area contributed by atoms with Crippen molar-refractivity contribution >= 4 is 30.5 Å². The molecule has 0 unspecified atom stereocenters. The second kappa shape index (κ2) is 11.4. The van der Waals surface area contributed by atoms with Crippen molar-refractivity contribution in [1.82, 2.24) is 5.32 Å². The van der Waals surface area contributed by atoms with Gasteiger partial charge in [-0.15, -0.1) is 24.8 Å². The van der Waals surface area contributed by atoms with Crippen LogP contribution in [0.5, 0.6) is 0 Å². The zero-order valence-corrected chi connectivity index (χ0v) is 16.5. The third kappa shape index (κ3) is 6.13. The average Bonchev–Trinajstić information content (AvgIpc) is 2.63. The third-order valence-electron chi connectivity index (χ3n) is 4.70. The molecule has 0 bridgehead atoms. The highest BCUT2D eigenvalue weighted by molar-refractivity contribution is 5.85. The van der Waals surface area contributed by atoms with Crippen molar-refractivity contribution in [1.29, 1.82) is 0 Å². The summed E-state index contributed by atoms with van der Waals surface area (Å²) in [5.41, 5.74) is 8.75. The molecule has 3 N–H and O–H groups in total. The maximum absolute atomic E-state index is 13.3. The van der Waals surface area contributed by atoms with Crippen molar-refractivity contribution in [3.63, 3.8) is 0 Å². The van der Waals surface area contributed by atoms with Gasteiger partial charge in [-0.05, 0) is 67.7 Å². The first-order valence-electron chi connectivity index (χ1n) is 8.80. The largest absolute Gasteiger partial charge is 0.371 e. The van der Waals surface area contributed by atoms with Crippen LogP contribution in [-0.4, -0.2) is 32.2 Å². The van der Waals surface area contributed by atoms with Crippen LogP contribution >= 0.6 is 24.8 Å². The lowest BCUT2D eigenvalue weighted by Gasteiger charge is -2.34. The first-order chi connectivity index (χ1) is 11.8. The Bertz CT molecular complexity index is 644. The fraction of sp³-hybridized carbons (Fsp3) is 0.400. The normalized spacial score (nSPS) is 14.5. The summed E-state index contributed by atoms with van der Waals surface area (Å²) in [5.74, 6) is -0.194. The minimum Gasteiger partial charge on any atom is -0.371 e. The minimum absolute atomic E-state index is 0. The SMILES string of the molecule is Cl.Cl.NCCCNC1CCN(c2ccc(-c3cccc(F)c3)cc2)CC1. The fourth-order valence-electron chi connectivity index (χ4n) is 3.28. The van der Waals surface area contributed by atoms with Gasteiger partial charge >= 0.3 is 0 Å². The van der Waals surface area contributed by atoms with E-state index in [9.17, 15) is 4.39 Å². The van der Waals surface area contributed by atoms with Gasteiger partial charge in [0, 0.05) is 24.8 Å². The molecule has 0 spiro atoms. The van der Waals surface area contributed by atoms with Gasteiger partial charge < -0.3 is 16.0 Å². The molecule has 2 aromatic rings. The molecule has 3 rings (SSSR count).